The molecule has 0 aliphatic carbocycles. The molecule has 0 saturated carbocycles. The van der Waals surface area contributed by atoms with E-state index in [1.165, 1.54) is 7.11 Å². The third-order valence-electron chi connectivity index (χ3n) is 4.67. The highest BCUT2D eigenvalue weighted by Gasteiger charge is 2.11. The van der Waals surface area contributed by atoms with Crippen molar-refractivity contribution in [3.63, 3.8) is 0 Å². The molecule has 2 aromatic carbocycles. The van der Waals surface area contributed by atoms with Crippen molar-refractivity contribution in [3.05, 3.63) is 59.2 Å². The molecular weight excluding hydrogens is 380 g/mol. The van der Waals surface area contributed by atoms with Crippen LogP contribution in [0.3, 0.4) is 0 Å². The molecule has 7 heteroatoms. The Morgan fingerprint density at radius 2 is 1.87 bits per heavy atom. The van der Waals surface area contributed by atoms with Crippen LogP contribution in [0, 0.1) is 18.3 Å². The molecule has 0 atom stereocenters. The summed E-state index contributed by atoms with van der Waals surface area (Å²) in [5, 5.41) is 16.4. The molecule has 2 N–H and O–H groups in total. The first-order valence-corrected chi connectivity index (χ1v) is 9.61. The van der Waals surface area contributed by atoms with Crippen molar-refractivity contribution in [2.45, 2.75) is 13.3 Å². The van der Waals surface area contributed by atoms with Crippen LogP contribution >= 0.6 is 0 Å². The SMILES string of the molecule is COc1ccc(C(=O)NCCCNc2nc3cc(C)ccc3cc2C#N)cc1OC. The fraction of sp³-hybridized carbons (Fsp3) is 0.261. The van der Waals surface area contributed by atoms with Gasteiger partial charge < -0.3 is 20.1 Å². The summed E-state index contributed by atoms with van der Waals surface area (Å²) < 4.78 is 10.4. The molecule has 0 saturated heterocycles. The summed E-state index contributed by atoms with van der Waals surface area (Å²) in [5.41, 5.74) is 2.96. The van der Waals surface area contributed by atoms with Gasteiger partial charge in [-0.3, -0.25) is 4.79 Å². The average Bonchev–Trinajstić information content (AvgIpc) is 2.77. The van der Waals surface area contributed by atoms with Crippen LogP contribution in [0.5, 0.6) is 11.5 Å². The van der Waals surface area contributed by atoms with Crippen LogP contribution in [-0.2, 0) is 0 Å². The van der Waals surface area contributed by atoms with Crippen LogP contribution in [0.4, 0.5) is 5.82 Å². The maximum absolute atomic E-state index is 12.3. The van der Waals surface area contributed by atoms with Gasteiger partial charge in [0.1, 0.15) is 11.9 Å². The molecule has 1 aromatic heterocycles. The highest BCUT2D eigenvalue weighted by Crippen LogP contribution is 2.27. The third kappa shape index (κ3) is 4.78. The molecular formula is C23H24N4O3. The van der Waals surface area contributed by atoms with Crippen LogP contribution in [0.25, 0.3) is 10.9 Å². The number of methoxy groups -OCH3 is 2. The smallest absolute Gasteiger partial charge is 0.251 e. The molecule has 7 nitrogen and oxygen atoms in total. The largest absolute Gasteiger partial charge is 0.493 e. The Bertz CT molecular complexity index is 1110. The zero-order valence-electron chi connectivity index (χ0n) is 17.3. The lowest BCUT2D eigenvalue weighted by molar-refractivity contribution is 0.0953. The van der Waals surface area contributed by atoms with E-state index in [0.717, 1.165) is 16.5 Å². The second-order valence-electron chi connectivity index (χ2n) is 6.80. The number of anilines is 1. The van der Waals surface area contributed by atoms with E-state index in [-0.39, 0.29) is 5.91 Å². The van der Waals surface area contributed by atoms with E-state index in [1.54, 1.807) is 25.3 Å². The number of benzene rings is 2. The number of nitrogens with zero attached hydrogens (tertiary/aromatic N) is 2. The maximum Gasteiger partial charge on any atom is 0.251 e. The molecule has 0 aliphatic heterocycles. The number of amides is 1. The molecule has 1 heterocycles. The Balaban J connectivity index is 1.55. The lowest BCUT2D eigenvalue weighted by Gasteiger charge is -2.11. The fourth-order valence-electron chi connectivity index (χ4n) is 3.07. The third-order valence-corrected chi connectivity index (χ3v) is 4.67. The van der Waals surface area contributed by atoms with Crippen LogP contribution in [0.15, 0.2) is 42.5 Å². The van der Waals surface area contributed by atoms with E-state index >= 15 is 0 Å². The van der Waals surface area contributed by atoms with Crippen LogP contribution in [0.1, 0.15) is 27.9 Å². The summed E-state index contributed by atoms with van der Waals surface area (Å²) in [6, 6.07) is 15.0. The first kappa shape index (κ1) is 20.9. The van der Waals surface area contributed by atoms with Crippen LogP contribution in [-0.4, -0.2) is 38.2 Å². The fourth-order valence-corrected chi connectivity index (χ4v) is 3.07. The van der Waals surface area contributed by atoms with Gasteiger partial charge in [-0.2, -0.15) is 5.26 Å². The summed E-state index contributed by atoms with van der Waals surface area (Å²) in [5.74, 6) is 1.45. The monoisotopic (exact) mass is 404 g/mol. The zero-order valence-corrected chi connectivity index (χ0v) is 17.3. The Morgan fingerprint density at radius 1 is 1.07 bits per heavy atom. The van der Waals surface area contributed by atoms with E-state index in [0.29, 0.717) is 48.0 Å². The standard InChI is InChI=1S/C23H24N4O3/c1-15-5-6-16-12-18(14-24)22(27-19(16)11-15)25-9-4-10-26-23(28)17-7-8-20(29-2)21(13-17)30-3/h5-8,11-13H,4,9-10H2,1-3H3,(H,25,27)(H,26,28). The molecule has 0 bridgehead atoms. The number of carbonyl (C=O) groups excluding carboxylic acids is 1. The molecule has 0 unspecified atom stereocenters. The second-order valence-corrected chi connectivity index (χ2v) is 6.80. The molecule has 0 radical (unpaired) electrons. The number of nitrogens with one attached hydrogen (secondary N) is 2. The Hall–Kier alpha value is -3.79. The molecule has 0 aliphatic rings. The van der Waals surface area contributed by atoms with Crippen molar-refractivity contribution in [1.29, 1.82) is 5.26 Å². The van der Waals surface area contributed by atoms with Gasteiger partial charge in [0.15, 0.2) is 11.5 Å². The predicted molar refractivity (Wildman–Crippen MR) is 116 cm³/mol. The summed E-state index contributed by atoms with van der Waals surface area (Å²) >= 11 is 0. The summed E-state index contributed by atoms with van der Waals surface area (Å²) in [4.78, 5) is 16.9. The van der Waals surface area contributed by atoms with Gasteiger partial charge in [0.2, 0.25) is 0 Å². The minimum absolute atomic E-state index is 0.187. The number of pyridine rings is 1. The van der Waals surface area contributed by atoms with Crippen LogP contribution in [0.2, 0.25) is 0 Å². The predicted octanol–water partition coefficient (Wildman–Crippen LogP) is 3.66. The first-order valence-electron chi connectivity index (χ1n) is 9.61. The summed E-state index contributed by atoms with van der Waals surface area (Å²) in [7, 11) is 3.08. The van der Waals surface area contributed by atoms with Crippen molar-refractivity contribution in [2.24, 2.45) is 0 Å². The van der Waals surface area contributed by atoms with Crippen molar-refractivity contribution < 1.29 is 14.3 Å². The molecule has 3 aromatic rings. The molecule has 0 spiro atoms. The van der Waals surface area contributed by atoms with Crippen molar-refractivity contribution in [2.75, 3.05) is 32.6 Å². The number of hydrogen-bond acceptors (Lipinski definition) is 6. The second kappa shape index (κ2) is 9.61. The highest BCUT2D eigenvalue weighted by molar-refractivity contribution is 5.94. The molecule has 1 amide bonds. The van der Waals surface area contributed by atoms with E-state index in [2.05, 4.69) is 21.7 Å². The van der Waals surface area contributed by atoms with Gasteiger partial charge in [-0.25, -0.2) is 4.98 Å². The minimum atomic E-state index is -0.187. The Kier molecular flexibility index (Phi) is 6.71. The van der Waals surface area contributed by atoms with Crippen molar-refractivity contribution in [1.82, 2.24) is 10.3 Å². The van der Waals surface area contributed by atoms with Crippen molar-refractivity contribution in [3.8, 4) is 17.6 Å². The highest BCUT2D eigenvalue weighted by atomic mass is 16.5. The number of ether oxygens (including phenoxy) is 2. The minimum Gasteiger partial charge on any atom is -0.493 e. The Morgan fingerprint density at radius 3 is 2.60 bits per heavy atom. The lowest BCUT2D eigenvalue weighted by atomic mass is 10.1. The molecule has 0 fully saturated rings. The lowest BCUT2D eigenvalue weighted by Crippen LogP contribution is -2.26. The summed E-state index contributed by atoms with van der Waals surface area (Å²) in [6.45, 7) is 3.06. The van der Waals surface area contributed by atoms with E-state index in [1.807, 2.05) is 31.2 Å². The number of rotatable bonds is 8. The number of nitriles is 1. The number of fused-ring (bicyclic) bond motifs is 1. The van der Waals surface area contributed by atoms with Crippen molar-refractivity contribution >= 4 is 22.6 Å². The average molecular weight is 404 g/mol. The first-order chi connectivity index (χ1) is 14.5. The molecule has 3 rings (SSSR count). The van der Waals surface area contributed by atoms with Gasteiger partial charge in [-0.15, -0.1) is 0 Å². The Labute approximate surface area is 175 Å². The van der Waals surface area contributed by atoms with Gasteiger partial charge in [0.25, 0.3) is 5.91 Å². The normalized spacial score (nSPS) is 10.3. The molecule has 30 heavy (non-hydrogen) atoms. The topological polar surface area (TPSA) is 96.3 Å². The number of aryl methyl sites for hydroxylation is 1. The quantitative estimate of drug-likeness (QED) is 0.556. The van der Waals surface area contributed by atoms with E-state index in [4.69, 9.17) is 9.47 Å². The number of hydrogen-bond donors (Lipinski definition) is 2. The van der Waals surface area contributed by atoms with Gasteiger partial charge in [0, 0.05) is 24.0 Å². The van der Waals surface area contributed by atoms with E-state index in [9.17, 15) is 10.1 Å². The van der Waals surface area contributed by atoms with Gasteiger partial charge in [-0.1, -0.05) is 12.1 Å². The number of carbonyl (C=O) groups is 1. The molecule has 154 valence electrons. The van der Waals surface area contributed by atoms with Gasteiger partial charge in [0.05, 0.1) is 25.3 Å². The van der Waals surface area contributed by atoms with Gasteiger partial charge in [-0.05, 0) is 49.2 Å². The zero-order chi connectivity index (χ0) is 21.5. The van der Waals surface area contributed by atoms with E-state index < -0.39 is 0 Å². The van der Waals surface area contributed by atoms with Gasteiger partial charge >= 0.3 is 0 Å². The number of aromatic nitrogens is 1. The maximum atomic E-state index is 12.3. The van der Waals surface area contributed by atoms with Crippen LogP contribution < -0.4 is 20.1 Å². The summed E-state index contributed by atoms with van der Waals surface area (Å²) in [6.07, 6.45) is 0.678.